The lowest BCUT2D eigenvalue weighted by molar-refractivity contribution is 0.102. The molecule has 184 valence electrons. The molecule has 0 heterocycles. The summed E-state index contributed by atoms with van der Waals surface area (Å²) in [5.74, 6) is 2.28. The minimum Gasteiger partial charge on any atom is -0.493 e. The van der Waals surface area contributed by atoms with Gasteiger partial charge in [-0.25, -0.2) is 0 Å². The molecule has 0 atom stereocenters. The van der Waals surface area contributed by atoms with Crippen LogP contribution in [0.25, 0.3) is 0 Å². The smallest absolute Gasteiger partial charge is 0.255 e. The summed E-state index contributed by atoms with van der Waals surface area (Å²) in [4.78, 5) is 13.2. The van der Waals surface area contributed by atoms with Crippen LogP contribution in [0.2, 0.25) is 5.02 Å². The maximum absolute atomic E-state index is 13.2. The van der Waals surface area contributed by atoms with Crippen LogP contribution >= 0.6 is 11.6 Å². The largest absolute Gasteiger partial charge is 0.493 e. The van der Waals surface area contributed by atoms with Gasteiger partial charge in [0.05, 0.1) is 12.3 Å². The number of rotatable bonds is 9. The Kier molecular flexibility index (Phi) is 8.13. The van der Waals surface area contributed by atoms with E-state index in [2.05, 4.69) is 12.2 Å². The minimum atomic E-state index is -0.300. The quantitative estimate of drug-likeness (QED) is 0.252. The van der Waals surface area contributed by atoms with Crippen molar-refractivity contribution in [1.29, 1.82) is 0 Å². The molecule has 1 N–H and O–H groups in total. The van der Waals surface area contributed by atoms with Crippen LogP contribution in [0.5, 0.6) is 23.0 Å². The number of aryl methyl sites for hydroxylation is 2. The second kappa shape index (κ2) is 11.6. The van der Waals surface area contributed by atoms with Gasteiger partial charge in [-0.2, -0.15) is 0 Å². The molecule has 0 saturated heterocycles. The Hall–Kier alpha value is -3.96. The Labute approximate surface area is 216 Å². The number of hydrogen-bond acceptors (Lipinski definition) is 4. The van der Waals surface area contributed by atoms with E-state index in [0.717, 1.165) is 16.9 Å². The predicted octanol–water partition coefficient (Wildman–Crippen LogP) is 7.98. The van der Waals surface area contributed by atoms with Crippen molar-refractivity contribution in [2.45, 2.75) is 27.4 Å². The van der Waals surface area contributed by atoms with Gasteiger partial charge < -0.3 is 19.5 Å². The van der Waals surface area contributed by atoms with Gasteiger partial charge in [-0.15, -0.1) is 0 Å². The second-order valence-electron chi connectivity index (χ2n) is 8.30. The van der Waals surface area contributed by atoms with Crippen molar-refractivity contribution >= 4 is 23.2 Å². The molecular formula is C30H28ClNO4. The molecule has 0 bridgehead atoms. The van der Waals surface area contributed by atoms with Gasteiger partial charge in [-0.1, -0.05) is 35.9 Å². The van der Waals surface area contributed by atoms with Gasteiger partial charge in [0.2, 0.25) is 0 Å². The van der Waals surface area contributed by atoms with E-state index >= 15 is 0 Å². The zero-order valence-electron chi connectivity index (χ0n) is 20.5. The third-order valence-corrected chi connectivity index (χ3v) is 5.89. The minimum absolute atomic E-state index is 0.262. The monoisotopic (exact) mass is 501 g/mol. The average Bonchev–Trinajstić information content (AvgIpc) is 2.88. The Bertz CT molecular complexity index is 1350. The van der Waals surface area contributed by atoms with E-state index in [0.29, 0.717) is 40.1 Å². The molecule has 0 fully saturated rings. The molecule has 6 heteroatoms. The summed E-state index contributed by atoms with van der Waals surface area (Å²) in [6.45, 7) is 6.79. The number of ether oxygens (including phenoxy) is 3. The van der Waals surface area contributed by atoms with E-state index in [1.807, 2.05) is 62.4 Å². The van der Waals surface area contributed by atoms with Gasteiger partial charge >= 0.3 is 0 Å². The van der Waals surface area contributed by atoms with Crippen LogP contribution < -0.4 is 19.5 Å². The van der Waals surface area contributed by atoms with Crippen LogP contribution in [0.1, 0.15) is 34.0 Å². The summed E-state index contributed by atoms with van der Waals surface area (Å²) < 4.78 is 17.8. The van der Waals surface area contributed by atoms with E-state index in [1.54, 1.807) is 36.4 Å². The summed E-state index contributed by atoms with van der Waals surface area (Å²) in [6, 6.07) is 25.7. The molecule has 4 aromatic carbocycles. The van der Waals surface area contributed by atoms with Gasteiger partial charge in [0.15, 0.2) is 5.75 Å². The number of nitrogens with one attached hydrogen (secondary N) is 1. The van der Waals surface area contributed by atoms with E-state index in [9.17, 15) is 4.79 Å². The van der Waals surface area contributed by atoms with Crippen LogP contribution in [0, 0.1) is 13.8 Å². The number of halogens is 1. The highest BCUT2D eigenvalue weighted by molar-refractivity contribution is 6.31. The van der Waals surface area contributed by atoms with Gasteiger partial charge in [0, 0.05) is 16.1 Å². The SMILES string of the molecule is CCOc1ccc(C(=O)Nc2cc(Cl)ccc2Oc2ccccc2)cc1COc1ccc(C)c(C)c1. The lowest BCUT2D eigenvalue weighted by Crippen LogP contribution is -2.13. The van der Waals surface area contributed by atoms with E-state index in [1.165, 1.54) is 5.56 Å². The van der Waals surface area contributed by atoms with Crippen molar-refractivity contribution in [3.63, 3.8) is 0 Å². The molecule has 0 aliphatic carbocycles. The first-order valence-electron chi connectivity index (χ1n) is 11.7. The van der Waals surface area contributed by atoms with Crippen LogP contribution in [-0.4, -0.2) is 12.5 Å². The third-order valence-electron chi connectivity index (χ3n) is 5.66. The number of carbonyl (C=O) groups excluding carboxylic acids is 1. The fourth-order valence-corrected chi connectivity index (χ4v) is 3.77. The predicted molar refractivity (Wildman–Crippen MR) is 144 cm³/mol. The molecule has 0 aliphatic heterocycles. The van der Waals surface area contributed by atoms with Crippen LogP contribution in [0.3, 0.4) is 0 Å². The van der Waals surface area contributed by atoms with Crippen molar-refractivity contribution in [2.75, 3.05) is 11.9 Å². The van der Waals surface area contributed by atoms with Gasteiger partial charge in [0.25, 0.3) is 5.91 Å². The van der Waals surface area contributed by atoms with E-state index in [-0.39, 0.29) is 12.5 Å². The zero-order chi connectivity index (χ0) is 25.5. The molecule has 0 aliphatic rings. The Morgan fingerprint density at radius 1 is 0.806 bits per heavy atom. The molecule has 4 aromatic rings. The van der Waals surface area contributed by atoms with Crippen molar-refractivity contribution in [1.82, 2.24) is 0 Å². The first-order chi connectivity index (χ1) is 17.4. The molecule has 0 unspecified atom stereocenters. The lowest BCUT2D eigenvalue weighted by Gasteiger charge is -2.15. The highest BCUT2D eigenvalue weighted by Gasteiger charge is 2.15. The number of para-hydroxylation sites is 1. The van der Waals surface area contributed by atoms with Crippen LogP contribution in [-0.2, 0) is 6.61 Å². The number of benzene rings is 4. The summed E-state index contributed by atoms with van der Waals surface area (Å²) in [7, 11) is 0. The first kappa shape index (κ1) is 25.1. The van der Waals surface area contributed by atoms with Crippen molar-refractivity contribution < 1.29 is 19.0 Å². The molecular weight excluding hydrogens is 474 g/mol. The van der Waals surface area contributed by atoms with E-state index < -0.39 is 0 Å². The highest BCUT2D eigenvalue weighted by atomic mass is 35.5. The standard InChI is InChI=1S/C30H28ClNO4/c1-4-34-28-14-11-22(17-23(28)19-35-26-13-10-20(2)21(3)16-26)30(33)32-27-18-24(31)12-15-29(27)36-25-8-6-5-7-9-25/h5-18H,4,19H2,1-3H3,(H,32,33). The number of hydrogen-bond donors (Lipinski definition) is 1. The number of anilines is 1. The number of amides is 1. The van der Waals surface area contributed by atoms with Crippen molar-refractivity contribution in [2.24, 2.45) is 0 Å². The zero-order valence-corrected chi connectivity index (χ0v) is 21.3. The average molecular weight is 502 g/mol. The molecule has 1 amide bonds. The molecule has 5 nitrogen and oxygen atoms in total. The van der Waals surface area contributed by atoms with Gasteiger partial charge in [-0.3, -0.25) is 4.79 Å². The van der Waals surface area contributed by atoms with Crippen molar-refractivity contribution in [3.8, 4) is 23.0 Å². The van der Waals surface area contributed by atoms with Crippen LogP contribution in [0.4, 0.5) is 5.69 Å². The summed E-state index contributed by atoms with van der Waals surface area (Å²) >= 11 is 6.21. The van der Waals surface area contributed by atoms with Crippen LogP contribution in [0.15, 0.2) is 84.9 Å². The van der Waals surface area contributed by atoms with Gasteiger partial charge in [0.1, 0.15) is 23.9 Å². The maximum Gasteiger partial charge on any atom is 0.255 e. The molecule has 0 spiro atoms. The van der Waals surface area contributed by atoms with Gasteiger partial charge in [-0.05, 0) is 92.6 Å². The fraction of sp³-hybridized carbons (Fsp3) is 0.167. The Morgan fingerprint density at radius 2 is 1.58 bits per heavy atom. The Balaban J connectivity index is 1.55. The van der Waals surface area contributed by atoms with E-state index in [4.69, 9.17) is 25.8 Å². The number of carbonyl (C=O) groups is 1. The normalized spacial score (nSPS) is 10.6. The highest BCUT2D eigenvalue weighted by Crippen LogP contribution is 2.33. The third kappa shape index (κ3) is 6.37. The summed E-state index contributed by atoms with van der Waals surface area (Å²) in [6.07, 6.45) is 0. The molecule has 36 heavy (non-hydrogen) atoms. The first-order valence-corrected chi connectivity index (χ1v) is 12.1. The molecule has 0 aromatic heterocycles. The maximum atomic E-state index is 13.2. The Morgan fingerprint density at radius 3 is 2.33 bits per heavy atom. The fourth-order valence-electron chi connectivity index (χ4n) is 3.59. The second-order valence-corrected chi connectivity index (χ2v) is 8.74. The summed E-state index contributed by atoms with van der Waals surface area (Å²) in [5.41, 5.74) is 4.06. The topological polar surface area (TPSA) is 56.8 Å². The summed E-state index contributed by atoms with van der Waals surface area (Å²) in [5, 5.41) is 3.41. The lowest BCUT2D eigenvalue weighted by atomic mass is 10.1. The molecule has 4 rings (SSSR count). The molecule has 0 saturated carbocycles. The van der Waals surface area contributed by atoms with Crippen molar-refractivity contribution in [3.05, 3.63) is 112 Å². The molecule has 0 radical (unpaired) electrons.